The number of amides is 2. The highest BCUT2D eigenvalue weighted by atomic mass is 79.9. The fraction of sp³-hybridized carbons (Fsp3) is 0.355. The molecule has 0 radical (unpaired) electrons. The SMILES string of the molecule is Cc1ccc(S(=O)(=O)N(CC(=O)N(Cc2ccc(Br)cc2)C(C)C(=O)NC2CCCCC2)c2ccccc2)cc1. The lowest BCUT2D eigenvalue weighted by molar-refractivity contribution is -0.139. The van der Waals surface area contributed by atoms with Crippen LogP contribution < -0.4 is 9.62 Å². The smallest absolute Gasteiger partial charge is 0.264 e. The molecule has 0 aliphatic heterocycles. The topological polar surface area (TPSA) is 86.8 Å². The van der Waals surface area contributed by atoms with E-state index in [9.17, 15) is 18.0 Å². The number of hydrogen-bond donors (Lipinski definition) is 1. The van der Waals surface area contributed by atoms with E-state index in [1.807, 2.05) is 31.2 Å². The van der Waals surface area contributed by atoms with Crippen molar-refractivity contribution in [1.82, 2.24) is 10.2 Å². The molecule has 4 rings (SSSR count). The Morgan fingerprint density at radius 2 is 1.55 bits per heavy atom. The molecule has 1 unspecified atom stereocenters. The molecule has 7 nitrogen and oxygen atoms in total. The summed E-state index contributed by atoms with van der Waals surface area (Å²) in [6.45, 7) is 3.31. The van der Waals surface area contributed by atoms with Crippen LogP contribution in [0, 0.1) is 6.92 Å². The summed E-state index contributed by atoms with van der Waals surface area (Å²) in [7, 11) is -4.07. The lowest BCUT2D eigenvalue weighted by Gasteiger charge is -2.33. The monoisotopic (exact) mass is 625 g/mol. The van der Waals surface area contributed by atoms with E-state index in [2.05, 4.69) is 21.2 Å². The van der Waals surface area contributed by atoms with E-state index in [4.69, 9.17) is 0 Å². The van der Waals surface area contributed by atoms with Crippen molar-refractivity contribution < 1.29 is 18.0 Å². The second-order valence-corrected chi connectivity index (χ2v) is 13.1. The number of aryl methyl sites for hydroxylation is 1. The van der Waals surface area contributed by atoms with Crippen molar-refractivity contribution in [3.8, 4) is 0 Å². The quantitative estimate of drug-likeness (QED) is 0.308. The first-order valence-electron chi connectivity index (χ1n) is 13.6. The Morgan fingerprint density at radius 3 is 2.17 bits per heavy atom. The molecule has 9 heteroatoms. The Labute approximate surface area is 245 Å². The van der Waals surface area contributed by atoms with Crippen molar-refractivity contribution in [1.29, 1.82) is 0 Å². The Hall–Kier alpha value is -3.17. The fourth-order valence-electron chi connectivity index (χ4n) is 4.90. The number of carbonyl (C=O) groups is 2. The van der Waals surface area contributed by atoms with Gasteiger partial charge in [-0.15, -0.1) is 0 Å². The van der Waals surface area contributed by atoms with Crippen LogP contribution in [-0.4, -0.2) is 43.8 Å². The molecule has 0 saturated heterocycles. The normalized spacial score (nSPS) is 14.8. The van der Waals surface area contributed by atoms with Gasteiger partial charge in [0.25, 0.3) is 10.0 Å². The Bertz CT molecular complexity index is 1390. The van der Waals surface area contributed by atoms with Gasteiger partial charge in [0.15, 0.2) is 0 Å². The summed E-state index contributed by atoms with van der Waals surface area (Å²) in [5.74, 6) is -0.696. The van der Waals surface area contributed by atoms with E-state index in [1.54, 1.807) is 61.5 Å². The van der Waals surface area contributed by atoms with Gasteiger partial charge >= 0.3 is 0 Å². The maximum Gasteiger partial charge on any atom is 0.264 e. The highest BCUT2D eigenvalue weighted by molar-refractivity contribution is 9.10. The number of halogens is 1. The largest absolute Gasteiger partial charge is 0.352 e. The fourth-order valence-corrected chi connectivity index (χ4v) is 6.58. The summed E-state index contributed by atoms with van der Waals surface area (Å²) in [6, 6.07) is 22.0. The number of benzene rings is 3. The molecule has 2 amide bonds. The van der Waals surface area contributed by atoms with Crippen LogP contribution in [0.2, 0.25) is 0 Å². The minimum absolute atomic E-state index is 0.0936. The van der Waals surface area contributed by atoms with Crippen LogP contribution in [0.5, 0.6) is 0 Å². The molecule has 1 aliphatic rings. The molecule has 0 spiro atoms. The van der Waals surface area contributed by atoms with Gasteiger partial charge in [0.1, 0.15) is 12.6 Å². The lowest BCUT2D eigenvalue weighted by Crippen LogP contribution is -2.53. The third-order valence-corrected chi connectivity index (χ3v) is 9.63. The number of hydrogen-bond acceptors (Lipinski definition) is 4. The Morgan fingerprint density at radius 1 is 0.925 bits per heavy atom. The molecule has 3 aromatic carbocycles. The third kappa shape index (κ3) is 7.52. The number of nitrogens with one attached hydrogen (secondary N) is 1. The van der Waals surface area contributed by atoms with Crippen molar-refractivity contribution in [2.24, 2.45) is 0 Å². The predicted octanol–water partition coefficient (Wildman–Crippen LogP) is 5.82. The first-order chi connectivity index (χ1) is 19.1. The molecule has 1 aliphatic carbocycles. The summed E-state index contributed by atoms with van der Waals surface area (Å²) in [6.07, 6.45) is 5.17. The second kappa shape index (κ2) is 13.5. The van der Waals surface area contributed by atoms with Crippen LogP contribution in [0.25, 0.3) is 0 Å². The van der Waals surface area contributed by atoms with Crippen molar-refractivity contribution in [2.45, 2.75) is 69.5 Å². The zero-order valence-electron chi connectivity index (χ0n) is 22.9. The van der Waals surface area contributed by atoms with Gasteiger partial charge in [-0.1, -0.05) is 83.2 Å². The molecule has 1 atom stereocenters. The number of nitrogens with zero attached hydrogens (tertiary/aromatic N) is 2. The van der Waals surface area contributed by atoms with Crippen LogP contribution in [0.1, 0.15) is 50.2 Å². The maximum atomic E-state index is 14.0. The van der Waals surface area contributed by atoms with Crippen LogP contribution in [-0.2, 0) is 26.2 Å². The molecule has 40 heavy (non-hydrogen) atoms. The van der Waals surface area contributed by atoms with E-state index in [-0.39, 0.29) is 23.4 Å². The summed E-state index contributed by atoms with van der Waals surface area (Å²) < 4.78 is 29.7. The van der Waals surface area contributed by atoms with Gasteiger partial charge in [0.2, 0.25) is 11.8 Å². The van der Waals surface area contributed by atoms with Crippen molar-refractivity contribution in [2.75, 3.05) is 10.8 Å². The summed E-state index contributed by atoms with van der Waals surface area (Å²) in [4.78, 5) is 28.9. The summed E-state index contributed by atoms with van der Waals surface area (Å²) >= 11 is 3.44. The minimum Gasteiger partial charge on any atom is -0.352 e. The van der Waals surface area contributed by atoms with Crippen molar-refractivity contribution in [3.63, 3.8) is 0 Å². The standard InChI is InChI=1S/C31H36BrN3O4S/c1-23-13-19-29(20-14-23)40(38,39)35(28-11-7-4-8-12-28)22-30(36)34(21-25-15-17-26(32)18-16-25)24(2)31(37)33-27-9-5-3-6-10-27/h4,7-8,11-20,24,27H,3,5-6,9-10,21-22H2,1-2H3,(H,33,37). The maximum absolute atomic E-state index is 14.0. The average Bonchev–Trinajstić information content (AvgIpc) is 2.96. The number of carbonyl (C=O) groups excluding carboxylic acids is 2. The Kier molecular flexibility index (Phi) is 10.0. The van der Waals surface area contributed by atoms with Crippen LogP contribution >= 0.6 is 15.9 Å². The summed E-state index contributed by atoms with van der Waals surface area (Å²) in [5, 5.41) is 3.12. The predicted molar refractivity (Wildman–Crippen MR) is 161 cm³/mol. The minimum atomic E-state index is -4.07. The molecule has 0 bridgehead atoms. The van der Waals surface area contributed by atoms with E-state index in [0.29, 0.717) is 5.69 Å². The van der Waals surface area contributed by atoms with E-state index >= 15 is 0 Å². The lowest BCUT2D eigenvalue weighted by atomic mass is 9.95. The van der Waals surface area contributed by atoms with Gasteiger partial charge in [0.05, 0.1) is 10.6 Å². The zero-order valence-corrected chi connectivity index (χ0v) is 25.3. The number of anilines is 1. The van der Waals surface area contributed by atoms with Crippen LogP contribution in [0.4, 0.5) is 5.69 Å². The van der Waals surface area contributed by atoms with E-state index in [1.165, 1.54) is 11.3 Å². The molecular formula is C31H36BrN3O4S. The van der Waals surface area contributed by atoms with Crippen LogP contribution in [0.3, 0.4) is 0 Å². The van der Waals surface area contributed by atoms with Gasteiger partial charge in [-0.2, -0.15) is 0 Å². The van der Waals surface area contributed by atoms with Gasteiger partial charge in [-0.05, 0) is 68.7 Å². The molecule has 1 fully saturated rings. The second-order valence-electron chi connectivity index (χ2n) is 10.3. The van der Waals surface area contributed by atoms with Gasteiger partial charge in [-0.25, -0.2) is 8.42 Å². The van der Waals surface area contributed by atoms with Gasteiger partial charge in [-0.3, -0.25) is 13.9 Å². The van der Waals surface area contributed by atoms with Gasteiger partial charge in [0, 0.05) is 17.1 Å². The first-order valence-corrected chi connectivity index (χ1v) is 15.9. The van der Waals surface area contributed by atoms with Crippen molar-refractivity contribution in [3.05, 3.63) is 94.5 Å². The first kappa shape index (κ1) is 29.8. The third-order valence-electron chi connectivity index (χ3n) is 7.32. The van der Waals surface area contributed by atoms with Crippen molar-refractivity contribution >= 4 is 43.5 Å². The molecule has 1 N–H and O–H groups in total. The number of rotatable bonds is 10. The number of sulfonamides is 1. The van der Waals surface area contributed by atoms with Crippen LogP contribution in [0.15, 0.2) is 88.2 Å². The summed E-state index contributed by atoms with van der Waals surface area (Å²) in [5.41, 5.74) is 2.14. The average molecular weight is 627 g/mol. The molecule has 0 aromatic heterocycles. The van der Waals surface area contributed by atoms with Gasteiger partial charge < -0.3 is 10.2 Å². The zero-order chi connectivity index (χ0) is 28.7. The molecule has 1 saturated carbocycles. The molecule has 212 valence electrons. The van der Waals surface area contributed by atoms with E-state index in [0.717, 1.165) is 45.6 Å². The highest BCUT2D eigenvalue weighted by Gasteiger charge is 2.33. The number of para-hydroxylation sites is 1. The highest BCUT2D eigenvalue weighted by Crippen LogP contribution is 2.25. The van der Waals surface area contributed by atoms with E-state index < -0.39 is 28.5 Å². The Balaban J connectivity index is 1.65. The molecule has 0 heterocycles. The molecular weight excluding hydrogens is 590 g/mol. The molecule has 3 aromatic rings.